The van der Waals surface area contributed by atoms with Crippen molar-refractivity contribution in [2.45, 2.75) is 57.8 Å². The Hall–Kier alpha value is -5.68. The Kier molecular flexibility index (Phi) is 13.7. The number of carbonyl (C=O) groups is 2. The largest absolute Gasteiger partial charge is 0.519 e. The molecule has 0 saturated heterocycles. The highest BCUT2D eigenvalue weighted by atomic mass is 31.1. The summed E-state index contributed by atoms with van der Waals surface area (Å²) in [5.74, 6) is 2.36. The zero-order valence-corrected chi connectivity index (χ0v) is 37.5. The summed E-state index contributed by atoms with van der Waals surface area (Å²) in [5, 5.41) is 0. The van der Waals surface area contributed by atoms with Crippen molar-refractivity contribution in [2.75, 3.05) is 20.4 Å². The number of carbonyl (C=O) groups excluding carboxylic acids is 2. The highest BCUT2D eigenvalue weighted by Crippen LogP contribution is 2.38. The molecule has 6 rings (SSSR count). The molecule has 0 radical (unpaired) electrons. The van der Waals surface area contributed by atoms with Gasteiger partial charge in [-0.3, -0.25) is 0 Å². The van der Waals surface area contributed by atoms with E-state index in [0.717, 1.165) is 50.6 Å². The fourth-order valence-corrected chi connectivity index (χ4v) is 7.78. The number of hydrogen-bond acceptors (Lipinski definition) is 8. The molecule has 0 spiro atoms. The molecule has 6 aromatic rings. The van der Waals surface area contributed by atoms with Crippen LogP contribution in [-0.4, -0.2) is 32.6 Å². The normalized spacial score (nSPS) is 12.1. The predicted molar refractivity (Wildman–Crippen MR) is 243 cm³/mol. The molecule has 2 unspecified atom stereocenters. The Morgan fingerprint density at radius 1 is 0.417 bits per heavy atom. The second-order valence-electron chi connectivity index (χ2n) is 15.9. The first-order valence-corrected chi connectivity index (χ1v) is 22.5. The van der Waals surface area contributed by atoms with Gasteiger partial charge in [0.1, 0.15) is 40.1 Å². The maximum absolute atomic E-state index is 14.1. The molecule has 310 valence electrons. The molecule has 6 aromatic carbocycles. The molecular weight excluding hydrogens is 790 g/mol. The Morgan fingerprint density at radius 2 is 0.750 bits per heavy atom. The molecule has 2 atom stereocenters. The third-order valence-electron chi connectivity index (χ3n) is 11.1. The van der Waals surface area contributed by atoms with Gasteiger partial charge in [-0.1, -0.05) is 108 Å². The van der Waals surface area contributed by atoms with E-state index in [1.165, 1.54) is 0 Å². The van der Waals surface area contributed by atoms with Crippen molar-refractivity contribution < 1.29 is 37.6 Å². The van der Waals surface area contributed by atoms with E-state index in [0.29, 0.717) is 29.1 Å². The van der Waals surface area contributed by atoms with E-state index >= 15 is 0 Å². The van der Waals surface area contributed by atoms with Crippen molar-refractivity contribution in [2.24, 2.45) is 0 Å². The molecule has 0 aromatic heterocycles. The SMILES string of the molecule is COc1ccc(C(C)(C)c2ccc(OC(=O)Oc3ccc(C(C)(C)c4ccc(OPC)cc4)cc3C(=O)Oc3ccc(C(C)(C)c4ccc(OPC)cc4)cc3)cc2)cc1. The van der Waals surface area contributed by atoms with Crippen molar-refractivity contribution in [3.8, 4) is 34.5 Å². The summed E-state index contributed by atoms with van der Waals surface area (Å²) in [6.45, 7) is 16.6. The molecule has 0 N–H and O–H groups in total. The average Bonchev–Trinajstić information content (AvgIpc) is 3.24. The van der Waals surface area contributed by atoms with E-state index in [2.05, 4.69) is 53.7 Å². The van der Waals surface area contributed by atoms with Crippen molar-refractivity contribution in [1.29, 1.82) is 0 Å². The molecular formula is C50H52O8P2. The lowest BCUT2D eigenvalue weighted by atomic mass is 9.77. The van der Waals surface area contributed by atoms with Crippen molar-refractivity contribution in [1.82, 2.24) is 0 Å². The van der Waals surface area contributed by atoms with Gasteiger partial charge >= 0.3 is 12.1 Å². The second kappa shape index (κ2) is 18.7. The average molecular weight is 843 g/mol. The van der Waals surface area contributed by atoms with E-state index in [4.69, 9.17) is 28.0 Å². The monoisotopic (exact) mass is 842 g/mol. The Morgan fingerprint density at radius 3 is 1.13 bits per heavy atom. The number of benzene rings is 6. The van der Waals surface area contributed by atoms with Gasteiger partial charge in [0.25, 0.3) is 0 Å². The molecule has 0 saturated carbocycles. The van der Waals surface area contributed by atoms with Gasteiger partial charge in [0.2, 0.25) is 0 Å². The zero-order chi connectivity index (χ0) is 43.1. The predicted octanol–water partition coefficient (Wildman–Crippen LogP) is 12.7. The lowest BCUT2D eigenvalue weighted by molar-refractivity contribution is 0.0730. The minimum Gasteiger partial charge on any atom is -0.497 e. The lowest BCUT2D eigenvalue weighted by Gasteiger charge is -2.27. The summed E-state index contributed by atoms with van der Waals surface area (Å²) in [6.07, 6.45) is -0.994. The Balaban J connectivity index is 1.24. The van der Waals surface area contributed by atoms with Crippen LogP contribution in [-0.2, 0) is 16.2 Å². The maximum Gasteiger partial charge on any atom is 0.519 e. The standard InChI is InChI=1S/C50H52O8P2/c1-48(2,33-10-21-39(53-7)22-11-33)35-14-25-41(26-15-35)55-47(52)56-45-31-20-38(50(5,6)37-18-29-43(30-19-37)58-60-9)32-44(45)46(51)54-40-23-12-34(13-24-40)49(3,4)36-16-27-42(28-17-36)57-59-8/h10-32,59-60H,1-9H3. The van der Waals surface area contributed by atoms with Crippen LogP contribution in [0, 0.1) is 0 Å². The fourth-order valence-electron chi connectivity index (χ4n) is 7.04. The van der Waals surface area contributed by atoms with Crippen LogP contribution in [0.5, 0.6) is 34.5 Å². The van der Waals surface area contributed by atoms with E-state index in [1.54, 1.807) is 43.5 Å². The number of rotatable bonds is 15. The van der Waals surface area contributed by atoms with E-state index in [-0.39, 0.29) is 22.1 Å². The van der Waals surface area contributed by atoms with Crippen LogP contribution in [0.15, 0.2) is 140 Å². The fraction of sp³-hybridized carbons (Fsp3) is 0.240. The van der Waals surface area contributed by atoms with Crippen LogP contribution in [0.4, 0.5) is 4.79 Å². The van der Waals surface area contributed by atoms with Crippen LogP contribution in [0.25, 0.3) is 0 Å². The Bertz CT molecular complexity index is 2390. The van der Waals surface area contributed by atoms with Gasteiger partial charge < -0.3 is 28.0 Å². The van der Waals surface area contributed by atoms with Crippen LogP contribution >= 0.6 is 17.6 Å². The highest BCUT2D eigenvalue weighted by Gasteiger charge is 2.29. The van der Waals surface area contributed by atoms with Gasteiger partial charge in [0.15, 0.2) is 0 Å². The van der Waals surface area contributed by atoms with Gasteiger partial charge in [-0.05, 0) is 120 Å². The smallest absolute Gasteiger partial charge is 0.497 e. The summed E-state index contributed by atoms with van der Waals surface area (Å²) >= 11 is 0. The Labute approximate surface area is 357 Å². The molecule has 0 fully saturated rings. The van der Waals surface area contributed by atoms with Crippen LogP contribution in [0.2, 0.25) is 0 Å². The zero-order valence-electron chi connectivity index (χ0n) is 35.5. The van der Waals surface area contributed by atoms with Crippen molar-refractivity contribution in [3.63, 3.8) is 0 Å². The van der Waals surface area contributed by atoms with Crippen LogP contribution < -0.4 is 28.0 Å². The number of hydrogen-bond donors (Lipinski definition) is 0. The van der Waals surface area contributed by atoms with Gasteiger partial charge in [-0.15, -0.1) is 0 Å². The summed E-state index contributed by atoms with van der Waals surface area (Å²) in [7, 11) is 2.34. The van der Waals surface area contributed by atoms with E-state index in [9.17, 15) is 9.59 Å². The number of esters is 1. The molecule has 0 aliphatic carbocycles. The van der Waals surface area contributed by atoms with E-state index < -0.39 is 17.5 Å². The first-order chi connectivity index (χ1) is 28.6. The summed E-state index contributed by atoms with van der Waals surface area (Å²) in [5.41, 5.74) is 4.98. The highest BCUT2D eigenvalue weighted by molar-refractivity contribution is 7.31. The molecule has 0 aliphatic heterocycles. The van der Waals surface area contributed by atoms with Crippen LogP contribution in [0.1, 0.15) is 85.3 Å². The molecule has 0 amide bonds. The van der Waals surface area contributed by atoms with Crippen LogP contribution in [0.3, 0.4) is 0 Å². The van der Waals surface area contributed by atoms with Crippen molar-refractivity contribution >= 4 is 29.7 Å². The minimum atomic E-state index is -0.994. The van der Waals surface area contributed by atoms with E-state index in [1.807, 2.05) is 104 Å². The third kappa shape index (κ3) is 10.0. The molecule has 0 bridgehead atoms. The topological polar surface area (TPSA) is 89.5 Å². The number of methoxy groups -OCH3 is 1. The maximum atomic E-state index is 14.1. The second-order valence-corrected chi connectivity index (χ2v) is 17.1. The minimum absolute atomic E-state index is 0.00304. The molecule has 0 heterocycles. The van der Waals surface area contributed by atoms with Crippen molar-refractivity contribution in [3.05, 3.63) is 178 Å². The molecule has 10 heteroatoms. The quantitative estimate of drug-likeness (QED) is 0.0437. The molecule has 0 aliphatic rings. The summed E-state index contributed by atoms with van der Waals surface area (Å²) in [4.78, 5) is 27.4. The van der Waals surface area contributed by atoms with Gasteiger partial charge in [-0.25, -0.2) is 9.59 Å². The lowest BCUT2D eigenvalue weighted by Crippen LogP contribution is -2.22. The molecule has 60 heavy (non-hydrogen) atoms. The number of ether oxygens (including phenoxy) is 4. The van der Waals surface area contributed by atoms with Gasteiger partial charge in [0, 0.05) is 16.2 Å². The summed E-state index contributed by atoms with van der Waals surface area (Å²) in [6, 6.07) is 43.8. The first-order valence-electron chi connectivity index (χ1n) is 19.7. The molecule has 8 nitrogen and oxygen atoms in total. The summed E-state index contributed by atoms with van der Waals surface area (Å²) < 4.78 is 34.0. The van der Waals surface area contributed by atoms with Gasteiger partial charge in [0.05, 0.1) is 24.7 Å². The van der Waals surface area contributed by atoms with Gasteiger partial charge in [-0.2, -0.15) is 0 Å². The third-order valence-corrected chi connectivity index (χ3v) is 12.0. The first kappa shape index (κ1) is 43.9.